The summed E-state index contributed by atoms with van der Waals surface area (Å²) in [4.78, 5) is 23.4. The summed E-state index contributed by atoms with van der Waals surface area (Å²) >= 11 is 3.26. The Morgan fingerprint density at radius 3 is 2.53 bits per heavy atom. The summed E-state index contributed by atoms with van der Waals surface area (Å²) in [7, 11) is 0. The van der Waals surface area contributed by atoms with Gasteiger partial charge in [-0.25, -0.2) is 4.79 Å². The molecule has 0 saturated carbocycles. The van der Waals surface area contributed by atoms with Crippen molar-refractivity contribution in [3.63, 3.8) is 0 Å². The molecule has 1 aromatic rings. The maximum atomic E-state index is 11.8. The molecule has 0 bridgehead atoms. The first-order valence-corrected chi connectivity index (χ1v) is 6.10. The van der Waals surface area contributed by atoms with Crippen LogP contribution in [0.15, 0.2) is 27.6 Å². The fourth-order valence-electron chi connectivity index (χ4n) is 1.28. The molecule has 1 heterocycles. The zero-order valence-electron chi connectivity index (χ0n) is 10.4. The van der Waals surface area contributed by atoms with Crippen molar-refractivity contribution in [3.05, 3.63) is 33.2 Å². The number of carbonyl (C=O) groups excluding carboxylic acids is 1. The number of rotatable bonds is 2. The quantitative estimate of drug-likeness (QED) is 0.789. The topological polar surface area (TPSA) is 48.3 Å². The zero-order valence-corrected chi connectivity index (χ0v) is 11.9. The maximum absolute atomic E-state index is 11.8. The lowest BCUT2D eigenvalue weighted by molar-refractivity contribution is -0.158. The van der Waals surface area contributed by atoms with Crippen LogP contribution in [0.2, 0.25) is 0 Å². The van der Waals surface area contributed by atoms with E-state index in [0.29, 0.717) is 0 Å². The lowest BCUT2D eigenvalue weighted by Gasteiger charge is -2.23. The minimum atomic E-state index is -0.640. The van der Waals surface area contributed by atoms with Crippen LogP contribution in [0.3, 0.4) is 0 Å². The van der Waals surface area contributed by atoms with E-state index in [9.17, 15) is 9.59 Å². The summed E-state index contributed by atoms with van der Waals surface area (Å²) in [5.74, 6) is -0.419. The Balaban J connectivity index is 2.97. The van der Waals surface area contributed by atoms with E-state index in [2.05, 4.69) is 15.9 Å². The Kier molecular flexibility index (Phi) is 4.14. The predicted octanol–water partition coefficient (Wildman–Crippen LogP) is 2.51. The molecule has 17 heavy (non-hydrogen) atoms. The van der Waals surface area contributed by atoms with Crippen molar-refractivity contribution in [2.24, 2.45) is 0 Å². The Morgan fingerprint density at radius 1 is 1.41 bits per heavy atom. The highest BCUT2D eigenvalue weighted by Gasteiger charge is 2.23. The summed E-state index contributed by atoms with van der Waals surface area (Å²) in [6, 6.07) is 2.41. The third kappa shape index (κ3) is 4.00. The second-order valence-corrected chi connectivity index (χ2v) is 5.72. The summed E-state index contributed by atoms with van der Waals surface area (Å²) in [6.07, 6.45) is 1.58. The third-order valence-corrected chi connectivity index (χ3v) is 2.54. The third-order valence-electron chi connectivity index (χ3n) is 2.07. The van der Waals surface area contributed by atoms with E-state index >= 15 is 0 Å². The van der Waals surface area contributed by atoms with Crippen LogP contribution in [0.1, 0.15) is 33.7 Å². The first kappa shape index (κ1) is 14.0. The molecular formula is C12H16BrNO3. The molecule has 0 fully saturated rings. The van der Waals surface area contributed by atoms with Crippen molar-refractivity contribution < 1.29 is 9.53 Å². The number of halogens is 1. The molecule has 0 N–H and O–H groups in total. The van der Waals surface area contributed by atoms with Gasteiger partial charge in [0, 0.05) is 16.7 Å². The normalized spacial score (nSPS) is 13.2. The second-order valence-electron chi connectivity index (χ2n) is 4.80. The van der Waals surface area contributed by atoms with Crippen molar-refractivity contribution in [3.8, 4) is 0 Å². The highest BCUT2D eigenvalue weighted by molar-refractivity contribution is 9.10. The van der Waals surface area contributed by atoms with Crippen LogP contribution in [0.25, 0.3) is 0 Å². The standard InChI is InChI=1S/C12H16BrNO3/c1-8(11(16)17-12(2,3)4)14-7-9(13)5-6-10(14)15/h5-8H,1-4H3. The van der Waals surface area contributed by atoms with Crippen LogP contribution in [-0.2, 0) is 9.53 Å². The lowest BCUT2D eigenvalue weighted by Crippen LogP contribution is -2.33. The second kappa shape index (κ2) is 5.04. The number of hydrogen-bond acceptors (Lipinski definition) is 3. The van der Waals surface area contributed by atoms with Crippen LogP contribution in [-0.4, -0.2) is 16.1 Å². The molecule has 1 rings (SSSR count). The first-order chi connectivity index (χ1) is 7.70. The van der Waals surface area contributed by atoms with Gasteiger partial charge in [0.2, 0.25) is 0 Å². The van der Waals surface area contributed by atoms with Gasteiger partial charge in [0.15, 0.2) is 0 Å². The molecule has 0 aliphatic rings. The maximum Gasteiger partial charge on any atom is 0.329 e. The zero-order chi connectivity index (χ0) is 13.2. The number of aromatic nitrogens is 1. The summed E-state index contributed by atoms with van der Waals surface area (Å²) < 4.78 is 7.32. The van der Waals surface area contributed by atoms with Crippen molar-refractivity contribution in [2.75, 3.05) is 0 Å². The van der Waals surface area contributed by atoms with Gasteiger partial charge in [-0.05, 0) is 49.7 Å². The Labute approximate surface area is 109 Å². The van der Waals surface area contributed by atoms with Gasteiger partial charge in [-0.3, -0.25) is 4.79 Å². The average Bonchev–Trinajstić information content (AvgIpc) is 2.18. The number of ether oxygens (including phenoxy) is 1. The molecule has 4 nitrogen and oxygen atoms in total. The summed E-state index contributed by atoms with van der Waals surface area (Å²) in [5.41, 5.74) is -0.785. The molecule has 5 heteroatoms. The van der Waals surface area contributed by atoms with E-state index in [-0.39, 0.29) is 5.56 Å². The van der Waals surface area contributed by atoms with Gasteiger partial charge in [0.1, 0.15) is 11.6 Å². The molecule has 1 atom stereocenters. The molecule has 0 saturated heterocycles. The fourth-order valence-corrected chi connectivity index (χ4v) is 1.63. The van der Waals surface area contributed by atoms with Crippen molar-refractivity contribution in [1.82, 2.24) is 4.57 Å². The molecule has 0 aromatic carbocycles. The molecule has 1 aromatic heterocycles. The summed E-state index contributed by atoms with van der Waals surface area (Å²) in [5, 5.41) is 0. The SMILES string of the molecule is CC(C(=O)OC(C)(C)C)n1cc(Br)ccc1=O. The molecule has 0 amide bonds. The Morgan fingerprint density at radius 2 is 2.00 bits per heavy atom. The first-order valence-electron chi connectivity index (χ1n) is 5.31. The van der Waals surface area contributed by atoms with Crippen LogP contribution >= 0.6 is 15.9 Å². The van der Waals surface area contributed by atoms with E-state index in [4.69, 9.17) is 4.74 Å². The number of esters is 1. The van der Waals surface area contributed by atoms with Crippen molar-refractivity contribution in [1.29, 1.82) is 0 Å². The van der Waals surface area contributed by atoms with Crippen LogP contribution < -0.4 is 5.56 Å². The molecule has 0 aliphatic carbocycles. The minimum absolute atomic E-state index is 0.230. The van der Waals surface area contributed by atoms with Gasteiger partial charge in [-0.1, -0.05) is 0 Å². The monoisotopic (exact) mass is 301 g/mol. The smallest absolute Gasteiger partial charge is 0.329 e. The number of nitrogens with zero attached hydrogens (tertiary/aromatic N) is 1. The largest absolute Gasteiger partial charge is 0.458 e. The van der Waals surface area contributed by atoms with Crippen LogP contribution in [0, 0.1) is 0 Å². The van der Waals surface area contributed by atoms with E-state index in [1.54, 1.807) is 40.0 Å². The molecule has 1 unspecified atom stereocenters. The van der Waals surface area contributed by atoms with E-state index < -0.39 is 17.6 Å². The van der Waals surface area contributed by atoms with Crippen LogP contribution in [0.5, 0.6) is 0 Å². The van der Waals surface area contributed by atoms with Gasteiger partial charge in [0.05, 0.1) is 0 Å². The minimum Gasteiger partial charge on any atom is -0.458 e. The average molecular weight is 302 g/mol. The number of hydrogen-bond donors (Lipinski definition) is 0. The van der Waals surface area contributed by atoms with E-state index in [1.807, 2.05) is 0 Å². The molecule has 0 radical (unpaired) electrons. The Hall–Kier alpha value is -1.10. The lowest BCUT2D eigenvalue weighted by atomic mass is 10.2. The van der Waals surface area contributed by atoms with Crippen molar-refractivity contribution >= 4 is 21.9 Å². The number of carbonyl (C=O) groups is 1. The van der Waals surface area contributed by atoms with Gasteiger partial charge in [0.25, 0.3) is 5.56 Å². The van der Waals surface area contributed by atoms with E-state index in [1.165, 1.54) is 10.6 Å². The fraction of sp³-hybridized carbons (Fsp3) is 0.500. The van der Waals surface area contributed by atoms with Gasteiger partial charge in [-0.15, -0.1) is 0 Å². The Bertz CT molecular complexity index is 473. The summed E-state index contributed by atoms with van der Waals surface area (Å²) in [6.45, 7) is 7.02. The molecule has 0 spiro atoms. The molecule has 0 aliphatic heterocycles. The molecule has 94 valence electrons. The highest BCUT2D eigenvalue weighted by atomic mass is 79.9. The van der Waals surface area contributed by atoms with Gasteiger partial charge in [-0.2, -0.15) is 0 Å². The van der Waals surface area contributed by atoms with Gasteiger partial charge >= 0.3 is 5.97 Å². The van der Waals surface area contributed by atoms with Crippen LogP contribution in [0.4, 0.5) is 0 Å². The van der Waals surface area contributed by atoms with Gasteiger partial charge < -0.3 is 9.30 Å². The number of pyridine rings is 1. The van der Waals surface area contributed by atoms with Crippen molar-refractivity contribution in [2.45, 2.75) is 39.3 Å². The highest BCUT2D eigenvalue weighted by Crippen LogP contribution is 2.15. The molecular weight excluding hydrogens is 286 g/mol. The predicted molar refractivity (Wildman–Crippen MR) is 69.0 cm³/mol. The van der Waals surface area contributed by atoms with E-state index in [0.717, 1.165) is 4.47 Å².